The molecule has 2 nitrogen and oxygen atoms in total. The second kappa shape index (κ2) is 8.45. The number of rotatable bonds is 5. The van der Waals surface area contributed by atoms with Gasteiger partial charge in [0, 0.05) is 12.2 Å². The first-order valence-electron chi connectivity index (χ1n) is 8.42. The van der Waals surface area contributed by atoms with Gasteiger partial charge in [0.2, 0.25) is 0 Å². The predicted octanol–water partition coefficient (Wildman–Crippen LogP) is 5.08. The molecular formula is C22H22N2S. The molecule has 126 valence electrons. The van der Waals surface area contributed by atoms with Crippen LogP contribution in [0.5, 0.6) is 0 Å². The van der Waals surface area contributed by atoms with Crippen molar-refractivity contribution >= 4 is 23.0 Å². The van der Waals surface area contributed by atoms with Crippen molar-refractivity contribution in [1.82, 2.24) is 5.32 Å². The first kappa shape index (κ1) is 17.2. The maximum absolute atomic E-state index is 5.71. The van der Waals surface area contributed by atoms with Crippen LogP contribution in [0.25, 0.3) is 0 Å². The molecule has 3 rings (SSSR count). The Morgan fingerprint density at radius 3 is 2.12 bits per heavy atom. The van der Waals surface area contributed by atoms with Crippen LogP contribution in [0.2, 0.25) is 0 Å². The minimum absolute atomic E-state index is 0.719. The summed E-state index contributed by atoms with van der Waals surface area (Å²) in [6, 6.07) is 29.2. The van der Waals surface area contributed by atoms with E-state index in [1.165, 1.54) is 16.7 Å². The van der Waals surface area contributed by atoms with E-state index in [0.29, 0.717) is 0 Å². The van der Waals surface area contributed by atoms with Crippen molar-refractivity contribution in [3.63, 3.8) is 0 Å². The summed E-state index contributed by atoms with van der Waals surface area (Å²) in [5.41, 5.74) is 4.78. The number of hydrogen-bond donors (Lipinski definition) is 1. The van der Waals surface area contributed by atoms with Crippen LogP contribution in [0.4, 0.5) is 5.69 Å². The Bertz CT molecular complexity index is 816. The molecule has 0 fully saturated rings. The summed E-state index contributed by atoms with van der Waals surface area (Å²) in [7, 11) is 0. The van der Waals surface area contributed by atoms with Crippen LogP contribution < -0.4 is 10.2 Å². The van der Waals surface area contributed by atoms with Crippen LogP contribution in [-0.4, -0.2) is 5.11 Å². The van der Waals surface area contributed by atoms with Crippen LogP contribution in [0.15, 0.2) is 84.9 Å². The molecule has 0 spiro atoms. The van der Waals surface area contributed by atoms with Crippen molar-refractivity contribution in [2.75, 3.05) is 4.90 Å². The molecule has 0 aliphatic rings. The van der Waals surface area contributed by atoms with E-state index in [-0.39, 0.29) is 0 Å². The standard InChI is InChI=1S/C22H22N2S/c1-18-9-8-14-21(15-18)24(17-20-12-6-3-7-13-20)22(25)23-16-19-10-4-2-5-11-19/h2-15H,16-17H2,1H3,(H,23,25). The minimum atomic E-state index is 0.719. The summed E-state index contributed by atoms with van der Waals surface area (Å²) in [5.74, 6) is 0. The SMILES string of the molecule is Cc1cccc(N(Cc2ccccc2)C(=S)NCc2ccccc2)c1. The molecule has 0 aromatic heterocycles. The van der Waals surface area contributed by atoms with E-state index in [4.69, 9.17) is 12.2 Å². The third-order valence-corrected chi connectivity index (χ3v) is 4.39. The molecule has 25 heavy (non-hydrogen) atoms. The molecule has 0 amide bonds. The highest BCUT2D eigenvalue weighted by molar-refractivity contribution is 7.80. The molecule has 0 aliphatic heterocycles. The maximum atomic E-state index is 5.71. The highest BCUT2D eigenvalue weighted by Gasteiger charge is 2.13. The Labute approximate surface area is 155 Å². The predicted molar refractivity (Wildman–Crippen MR) is 110 cm³/mol. The maximum Gasteiger partial charge on any atom is 0.174 e. The fourth-order valence-corrected chi connectivity index (χ4v) is 2.95. The lowest BCUT2D eigenvalue weighted by Crippen LogP contribution is -2.39. The van der Waals surface area contributed by atoms with Crippen LogP contribution in [0, 0.1) is 6.92 Å². The summed E-state index contributed by atoms with van der Waals surface area (Å²) in [6.07, 6.45) is 0. The van der Waals surface area contributed by atoms with Crippen molar-refractivity contribution < 1.29 is 0 Å². The van der Waals surface area contributed by atoms with E-state index in [0.717, 1.165) is 23.9 Å². The number of aryl methyl sites for hydroxylation is 1. The lowest BCUT2D eigenvalue weighted by molar-refractivity contribution is 0.878. The van der Waals surface area contributed by atoms with Crippen LogP contribution in [0.1, 0.15) is 16.7 Å². The molecule has 3 aromatic rings. The first-order valence-corrected chi connectivity index (χ1v) is 8.83. The number of thiocarbonyl (C=S) groups is 1. The number of anilines is 1. The molecule has 3 aromatic carbocycles. The normalized spacial score (nSPS) is 10.3. The van der Waals surface area contributed by atoms with E-state index in [2.05, 4.69) is 77.8 Å². The second-order valence-electron chi connectivity index (χ2n) is 6.06. The quantitative estimate of drug-likeness (QED) is 0.649. The zero-order valence-electron chi connectivity index (χ0n) is 14.4. The number of nitrogens with one attached hydrogen (secondary N) is 1. The Morgan fingerprint density at radius 2 is 1.48 bits per heavy atom. The number of benzene rings is 3. The van der Waals surface area contributed by atoms with Crippen LogP contribution >= 0.6 is 12.2 Å². The van der Waals surface area contributed by atoms with E-state index >= 15 is 0 Å². The fourth-order valence-electron chi connectivity index (χ4n) is 2.71. The van der Waals surface area contributed by atoms with Gasteiger partial charge in [0.15, 0.2) is 5.11 Å². The zero-order chi connectivity index (χ0) is 17.5. The minimum Gasteiger partial charge on any atom is -0.358 e. The van der Waals surface area contributed by atoms with E-state index in [9.17, 15) is 0 Å². The molecule has 0 heterocycles. The van der Waals surface area contributed by atoms with Gasteiger partial charge >= 0.3 is 0 Å². The number of nitrogens with zero attached hydrogens (tertiary/aromatic N) is 1. The smallest absolute Gasteiger partial charge is 0.174 e. The Hall–Kier alpha value is -2.65. The third-order valence-electron chi connectivity index (χ3n) is 4.03. The van der Waals surface area contributed by atoms with Gasteiger partial charge < -0.3 is 10.2 Å². The van der Waals surface area contributed by atoms with E-state index in [1.807, 2.05) is 24.3 Å². The Morgan fingerprint density at radius 1 is 0.840 bits per heavy atom. The van der Waals surface area contributed by atoms with Crippen LogP contribution in [-0.2, 0) is 13.1 Å². The van der Waals surface area contributed by atoms with Gasteiger partial charge in [0.25, 0.3) is 0 Å². The van der Waals surface area contributed by atoms with Crippen molar-refractivity contribution in [1.29, 1.82) is 0 Å². The largest absolute Gasteiger partial charge is 0.358 e. The third kappa shape index (κ3) is 4.91. The van der Waals surface area contributed by atoms with Gasteiger partial charge in [-0.25, -0.2) is 0 Å². The summed E-state index contributed by atoms with van der Waals surface area (Å²) < 4.78 is 0. The summed E-state index contributed by atoms with van der Waals surface area (Å²) in [5, 5.41) is 4.13. The van der Waals surface area contributed by atoms with Crippen molar-refractivity contribution in [3.05, 3.63) is 102 Å². The topological polar surface area (TPSA) is 15.3 Å². The van der Waals surface area contributed by atoms with E-state index in [1.54, 1.807) is 0 Å². The monoisotopic (exact) mass is 346 g/mol. The molecular weight excluding hydrogens is 324 g/mol. The summed E-state index contributed by atoms with van der Waals surface area (Å²) in [4.78, 5) is 2.15. The molecule has 0 atom stereocenters. The molecule has 0 bridgehead atoms. The number of hydrogen-bond acceptors (Lipinski definition) is 1. The Kier molecular flexibility index (Phi) is 5.81. The molecule has 0 saturated carbocycles. The molecule has 1 N–H and O–H groups in total. The van der Waals surface area contributed by atoms with Gasteiger partial charge in [-0.2, -0.15) is 0 Å². The highest BCUT2D eigenvalue weighted by Crippen LogP contribution is 2.19. The molecule has 3 heteroatoms. The van der Waals surface area contributed by atoms with Gasteiger partial charge in [0.05, 0.1) is 6.54 Å². The second-order valence-corrected chi connectivity index (χ2v) is 6.44. The van der Waals surface area contributed by atoms with Crippen molar-refractivity contribution in [2.24, 2.45) is 0 Å². The van der Waals surface area contributed by atoms with Gasteiger partial charge in [-0.05, 0) is 48.0 Å². The summed E-state index contributed by atoms with van der Waals surface area (Å²) in [6.45, 7) is 3.56. The van der Waals surface area contributed by atoms with Crippen molar-refractivity contribution in [2.45, 2.75) is 20.0 Å². The first-order chi connectivity index (χ1) is 12.2. The molecule has 0 aliphatic carbocycles. The zero-order valence-corrected chi connectivity index (χ0v) is 15.2. The highest BCUT2D eigenvalue weighted by atomic mass is 32.1. The Balaban J connectivity index is 1.78. The van der Waals surface area contributed by atoms with Gasteiger partial charge in [-0.1, -0.05) is 72.8 Å². The van der Waals surface area contributed by atoms with Crippen LogP contribution in [0.3, 0.4) is 0 Å². The average Bonchev–Trinajstić information content (AvgIpc) is 2.66. The van der Waals surface area contributed by atoms with Crippen molar-refractivity contribution in [3.8, 4) is 0 Å². The average molecular weight is 346 g/mol. The molecule has 0 saturated heterocycles. The summed E-state index contributed by atoms with van der Waals surface area (Å²) >= 11 is 5.71. The van der Waals surface area contributed by atoms with Gasteiger partial charge in [0.1, 0.15) is 0 Å². The molecule has 0 radical (unpaired) electrons. The lowest BCUT2D eigenvalue weighted by Gasteiger charge is -2.26. The fraction of sp³-hybridized carbons (Fsp3) is 0.136. The molecule has 0 unspecified atom stereocenters. The lowest BCUT2D eigenvalue weighted by atomic mass is 10.1. The van der Waals surface area contributed by atoms with Gasteiger partial charge in [-0.15, -0.1) is 0 Å². The van der Waals surface area contributed by atoms with E-state index < -0.39 is 0 Å². The van der Waals surface area contributed by atoms with Gasteiger partial charge in [-0.3, -0.25) is 0 Å².